The lowest BCUT2D eigenvalue weighted by molar-refractivity contribution is -0.0184. The molecule has 3 atom stereocenters. The molecule has 0 saturated carbocycles. The summed E-state index contributed by atoms with van der Waals surface area (Å²) in [4.78, 5) is 0. The van der Waals surface area contributed by atoms with Crippen molar-refractivity contribution in [3.63, 3.8) is 0 Å². The Morgan fingerprint density at radius 3 is 1.91 bits per heavy atom. The average molecular weight is 499 g/mol. The van der Waals surface area contributed by atoms with E-state index in [4.69, 9.17) is 13.3 Å². The topological polar surface area (TPSA) is 27.7 Å². The predicted molar refractivity (Wildman–Crippen MR) is 149 cm³/mol. The molecule has 1 aliphatic carbocycles. The fourth-order valence-electron chi connectivity index (χ4n) is 3.62. The van der Waals surface area contributed by atoms with Gasteiger partial charge < -0.3 is 13.3 Å². The zero-order valence-corrected chi connectivity index (χ0v) is 26.9. The van der Waals surface area contributed by atoms with Crippen LogP contribution in [0.4, 0.5) is 0 Å². The van der Waals surface area contributed by atoms with Crippen molar-refractivity contribution in [2.75, 3.05) is 6.61 Å². The molecule has 0 spiro atoms. The van der Waals surface area contributed by atoms with E-state index >= 15 is 0 Å². The molecule has 0 N–H and O–H groups in total. The highest BCUT2D eigenvalue weighted by molar-refractivity contribution is 6.74. The Morgan fingerprint density at radius 1 is 1.00 bits per heavy atom. The van der Waals surface area contributed by atoms with Crippen LogP contribution in [-0.2, 0) is 13.3 Å². The third-order valence-corrected chi connectivity index (χ3v) is 18.0. The van der Waals surface area contributed by atoms with Crippen molar-refractivity contribution < 1.29 is 13.3 Å². The van der Waals surface area contributed by atoms with E-state index in [-0.39, 0.29) is 27.5 Å². The Morgan fingerprint density at radius 2 is 1.50 bits per heavy atom. The molecule has 0 saturated heterocycles. The predicted octanol–water partition coefficient (Wildman–Crippen LogP) is 8.74. The molecule has 32 heavy (non-hydrogen) atoms. The highest BCUT2D eigenvalue weighted by Crippen LogP contribution is 2.48. The van der Waals surface area contributed by atoms with Gasteiger partial charge in [-0.3, -0.25) is 0 Å². The van der Waals surface area contributed by atoms with Gasteiger partial charge in [0.1, 0.15) is 0 Å². The van der Waals surface area contributed by atoms with Crippen LogP contribution in [0.1, 0.15) is 61.3 Å². The molecule has 0 amide bonds. The minimum atomic E-state index is -1.98. The SMILES string of the molecule is C=C[C@@H]1C=C(O[Si](C)(C)C)CC[C@@]1(C)[C@H](CO[Si](C)(C)C(C)(C)C)O[Si](C)(C)C(C)(C)C. The molecule has 1 rings (SSSR count). The first-order valence-electron chi connectivity index (χ1n) is 12.4. The third kappa shape index (κ3) is 7.42. The standard InChI is InChI=1S/C26H54O3Si3/c1-16-21-19-22(28-30(9,10)11)17-18-26(21,8)23(29-32(14,15)25(5,6)7)20-27-31(12,13)24(2,3)4/h16,19,21,23H,1,17-18,20H2,2-15H3/t21-,23+,26-/m1/s1. The van der Waals surface area contributed by atoms with Crippen molar-refractivity contribution in [3.8, 4) is 0 Å². The first-order chi connectivity index (χ1) is 14.1. The zero-order chi connectivity index (χ0) is 25.4. The summed E-state index contributed by atoms with van der Waals surface area (Å²) in [5.74, 6) is 1.35. The normalized spacial score (nSPS) is 24.7. The fraction of sp³-hybridized carbons (Fsp3) is 0.846. The molecule has 0 aromatic rings. The Hall–Kier alpha value is -0.149. The van der Waals surface area contributed by atoms with Crippen molar-refractivity contribution in [2.45, 2.75) is 123 Å². The molecule has 0 radical (unpaired) electrons. The van der Waals surface area contributed by atoms with Gasteiger partial charge in [-0.2, -0.15) is 0 Å². The van der Waals surface area contributed by atoms with Crippen molar-refractivity contribution in [1.29, 1.82) is 0 Å². The fourth-order valence-corrected chi connectivity index (χ4v) is 6.98. The van der Waals surface area contributed by atoms with Gasteiger partial charge in [0.05, 0.1) is 18.5 Å². The largest absolute Gasteiger partial charge is 0.548 e. The minimum absolute atomic E-state index is 0.0326. The Labute approximate surface area is 203 Å². The van der Waals surface area contributed by atoms with Crippen molar-refractivity contribution in [1.82, 2.24) is 0 Å². The lowest BCUT2D eigenvalue weighted by atomic mass is 9.67. The van der Waals surface area contributed by atoms with Crippen LogP contribution in [0.5, 0.6) is 0 Å². The van der Waals surface area contributed by atoms with Crippen molar-refractivity contribution in [3.05, 3.63) is 24.5 Å². The third-order valence-electron chi connectivity index (χ3n) is 8.11. The van der Waals surface area contributed by atoms with Crippen molar-refractivity contribution in [2.24, 2.45) is 11.3 Å². The molecule has 6 heteroatoms. The summed E-state index contributed by atoms with van der Waals surface area (Å²) in [6.45, 7) is 37.3. The number of hydrogen-bond acceptors (Lipinski definition) is 3. The molecular formula is C26H54O3Si3. The smallest absolute Gasteiger partial charge is 0.241 e. The molecule has 1 aliphatic rings. The van der Waals surface area contributed by atoms with Gasteiger partial charge in [0.15, 0.2) is 16.6 Å². The zero-order valence-electron chi connectivity index (χ0n) is 23.9. The van der Waals surface area contributed by atoms with E-state index in [2.05, 4.69) is 113 Å². The van der Waals surface area contributed by atoms with Crippen LogP contribution in [0.3, 0.4) is 0 Å². The van der Waals surface area contributed by atoms with Gasteiger partial charge >= 0.3 is 0 Å². The van der Waals surface area contributed by atoms with Gasteiger partial charge in [0.2, 0.25) is 8.32 Å². The second kappa shape index (κ2) is 9.84. The van der Waals surface area contributed by atoms with Crippen LogP contribution in [0.2, 0.25) is 55.9 Å². The summed E-state index contributed by atoms with van der Waals surface area (Å²) in [6.07, 6.45) is 6.44. The summed E-state index contributed by atoms with van der Waals surface area (Å²) in [6, 6.07) is 0. The molecule has 0 bridgehead atoms. The molecule has 0 heterocycles. The summed E-state index contributed by atoms with van der Waals surface area (Å²) < 4.78 is 20.3. The van der Waals surface area contributed by atoms with Gasteiger partial charge in [-0.1, -0.05) is 54.5 Å². The Bertz CT molecular complexity index is 678. The van der Waals surface area contributed by atoms with Crippen LogP contribution >= 0.6 is 0 Å². The Balaban J connectivity index is 3.34. The number of hydrogen-bond donors (Lipinski definition) is 0. The summed E-state index contributed by atoms with van der Waals surface area (Å²) >= 11 is 0. The van der Waals surface area contributed by atoms with Gasteiger partial charge in [0.25, 0.3) is 0 Å². The highest BCUT2D eigenvalue weighted by atomic mass is 28.4. The average Bonchev–Trinajstić information content (AvgIpc) is 2.57. The molecular weight excluding hydrogens is 445 g/mol. The monoisotopic (exact) mass is 498 g/mol. The number of rotatable bonds is 9. The van der Waals surface area contributed by atoms with Crippen LogP contribution in [0.25, 0.3) is 0 Å². The van der Waals surface area contributed by atoms with E-state index in [9.17, 15) is 0 Å². The van der Waals surface area contributed by atoms with Gasteiger partial charge in [-0.25, -0.2) is 0 Å². The molecule has 0 aliphatic heterocycles. The van der Waals surface area contributed by atoms with E-state index in [1.807, 2.05) is 0 Å². The maximum Gasteiger partial charge on any atom is 0.241 e. The van der Waals surface area contributed by atoms with Gasteiger partial charge in [-0.05, 0) is 68.4 Å². The van der Waals surface area contributed by atoms with Crippen molar-refractivity contribution >= 4 is 25.0 Å². The first kappa shape index (κ1) is 29.9. The van der Waals surface area contributed by atoms with Gasteiger partial charge in [-0.15, -0.1) is 6.58 Å². The highest BCUT2D eigenvalue weighted by Gasteiger charge is 2.49. The lowest BCUT2D eigenvalue weighted by Crippen LogP contribution is -2.54. The molecule has 0 fully saturated rings. The van der Waals surface area contributed by atoms with Crippen LogP contribution in [0, 0.1) is 11.3 Å². The van der Waals surface area contributed by atoms with Crippen LogP contribution in [-0.4, -0.2) is 37.7 Å². The number of allylic oxidation sites excluding steroid dienone is 3. The van der Waals surface area contributed by atoms with Gasteiger partial charge in [0, 0.05) is 17.8 Å². The van der Waals surface area contributed by atoms with Crippen LogP contribution in [0.15, 0.2) is 24.5 Å². The molecule has 0 unspecified atom stereocenters. The summed E-state index contributed by atoms with van der Waals surface area (Å²) in [7, 11) is -5.50. The Kier molecular flexibility index (Phi) is 9.19. The van der Waals surface area contributed by atoms with E-state index in [1.54, 1.807) is 0 Å². The molecule has 3 nitrogen and oxygen atoms in total. The molecule has 0 aromatic carbocycles. The lowest BCUT2D eigenvalue weighted by Gasteiger charge is -2.50. The van der Waals surface area contributed by atoms with E-state index in [0.717, 1.165) is 18.6 Å². The summed E-state index contributed by atoms with van der Waals surface area (Å²) in [5.41, 5.74) is -0.0636. The van der Waals surface area contributed by atoms with E-state index < -0.39 is 25.0 Å². The second-order valence-corrected chi connectivity index (χ2v) is 28.0. The quantitative estimate of drug-likeness (QED) is 0.235. The molecule has 188 valence electrons. The minimum Gasteiger partial charge on any atom is -0.548 e. The summed E-state index contributed by atoms with van der Waals surface area (Å²) in [5, 5.41) is 0.330. The van der Waals surface area contributed by atoms with Crippen LogP contribution < -0.4 is 0 Å². The van der Waals surface area contributed by atoms with E-state index in [0.29, 0.717) is 6.61 Å². The second-order valence-electron chi connectivity index (χ2n) is 14.1. The maximum absolute atomic E-state index is 7.15. The first-order valence-corrected chi connectivity index (χ1v) is 21.6. The maximum atomic E-state index is 7.15. The van der Waals surface area contributed by atoms with E-state index in [1.165, 1.54) is 0 Å². The molecule has 0 aromatic heterocycles.